The van der Waals surface area contributed by atoms with Crippen molar-refractivity contribution in [2.24, 2.45) is 0 Å². The van der Waals surface area contributed by atoms with Crippen molar-refractivity contribution in [1.29, 1.82) is 0 Å². The van der Waals surface area contributed by atoms with Gasteiger partial charge < -0.3 is 19.9 Å². The maximum absolute atomic E-state index is 11.3. The van der Waals surface area contributed by atoms with Crippen LogP contribution in [0.25, 0.3) is 0 Å². The van der Waals surface area contributed by atoms with Gasteiger partial charge in [0.15, 0.2) is 0 Å². The van der Waals surface area contributed by atoms with Crippen LogP contribution in [0, 0.1) is 0 Å². The number of carbonyl (C=O) groups is 1. The van der Waals surface area contributed by atoms with Crippen LogP contribution < -0.4 is 5.32 Å². The number of epoxide rings is 1. The largest absolute Gasteiger partial charge is 0.444 e. The zero-order valence-electron chi connectivity index (χ0n) is 11.6. The first-order valence-electron chi connectivity index (χ1n) is 6.63. The summed E-state index contributed by atoms with van der Waals surface area (Å²) in [6.45, 7) is 6.56. The molecule has 1 amide bonds. The summed E-state index contributed by atoms with van der Waals surface area (Å²) in [6, 6.07) is 0. The second kappa shape index (κ2) is 6.95. The van der Waals surface area contributed by atoms with Gasteiger partial charge in [0.2, 0.25) is 0 Å². The van der Waals surface area contributed by atoms with Gasteiger partial charge in [-0.3, -0.25) is 0 Å². The number of carbonyl (C=O) groups excluding carboxylic acids is 1. The minimum Gasteiger partial charge on any atom is -0.444 e. The van der Waals surface area contributed by atoms with Crippen LogP contribution in [0.4, 0.5) is 4.79 Å². The van der Waals surface area contributed by atoms with E-state index >= 15 is 0 Å². The molecule has 0 bridgehead atoms. The number of alkyl carbamates (subject to hydrolysis) is 1. The summed E-state index contributed by atoms with van der Waals surface area (Å²) in [5.41, 5.74) is -0.501. The number of nitrogens with one attached hydrogen (secondary N) is 1. The van der Waals surface area contributed by atoms with Gasteiger partial charge >= 0.3 is 6.09 Å². The molecule has 0 aliphatic carbocycles. The third-order valence-corrected chi connectivity index (χ3v) is 2.60. The smallest absolute Gasteiger partial charge is 0.407 e. The van der Waals surface area contributed by atoms with Crippen molar-refractivity contribution in [2.75, 3.05) is 13.2 Å². The maximum Gasteiger partial charge on any atom is 0.407 e. The molecule has 1 heterocycles. The van der Waals surface area contributed by atoms with E-state index < -0.39 is 17.8 Å². The summed E-state index contributed by atoms with van der Waals surface area (Å²) in [5.74, 6) is 0. The van der Waals surface area contributed by atoms with Gasteiger partial charge in [0.25, 0.3) is 0 Å². The van der Waals surface area contributed by atoms with E-state index in [0.29, 0.717) is 12.5 Å². The molecule has 0 aromatic heterocycles. The lowest BCUT2D eigenvalue weighted by Gasteiger charge is -2.20. The van der Waals surface area contributed by atoms with Gasteiger partial charge in [0.05, 0.1) is 18.8 Å². The lowest BCUT2D eigenvalue weighted by atomic mass is 10.1. The van der Waals surface area contributed by atoms with E-state index in [4.69, 9.17) is 9.47 Å². The van der Waals surface area contributed by atoms with Crippen molar-refractivity contribution in [3.63, 3.8) is 0 Å². The Morgan fingerprint density at radius 2 is 2.17 bits per heavy atom. The molecule has 2 N–H and O–H groups in total. The standard InChI is InChI=1S/C13H25NO4/c1-13(2,3)18-12(16)14-8-10(15)6-4-5-7-11-9-17-11/h10-11,15H,4-9H2,1-3H3,(H,14,16)/t10?,11-/m1/s1. The van der Waals surface area contributed by atoms with Gasteiger partial charge in [-0.25, -0.2) is 4.79 Å². The number of amides is 1. The van der Waals surface area contributed by atoms with Crippen molar-refractivity contribution in [2.45, 2.75) is 64.3 Å². The average molecular weight is 259 g/mol. The molecule has 106 valence electrons. The Morgan fingerprint density at radius 1 is 1.50 bits per heavy atom. The Bertz CT molecular complexity index is 258. The quantitative estimate of drug-likeness (QED) is 0.540. The van der Waals surface area contributed by atoms with Crippen LogP contribution >= 0.6 is 0 Å². The van der Waals surface area contributed by atoms with Gasteiger partial charge in [-0.1, -0.05) is 12.8 Å². The first kappa shape index (κ1) is 15.2. The maximum atomic E-state index is 11.3. The number of aliphatic hydroxyl groups excluding tert-OH is 1. The van der Waals surface area contributed by atoms with Crippen LogP contribution in [0.15, 0.2) is 0 Å². The van der Waals surface area contributed by atoms with Gasteiger partial charge in [-0.2, -0.15) is 0 Å². The first-order chi connectivity index (χ1) is 8.37. The first-order valence-corrected chi connectivity index (χ1v) is 6.63. The zero-order valence-corrected chi connectivity index (χ0v) is 11.6. The van der Waals surface area contributed by atoms with Crippen LogP contribution in [-0.2, 0) is 9.47 Å². The van der Waals surface area contributed by atoms with Gasteiger partial charge in [-0.15, -0.1) is 0 Å². The van der Waals surface area contributed by atoms with E-state index in [-0.39, 0.29) is 6.54 Å². The molecular weight excluding hydrogens is 234 g/mol. The fourth-order valence-corrected chi connectivity index (χ4v) is 1.60. The number of hydrogen-bond donors (Lipinski definition) is 2. The minimum absolute atomic E-state index is 0.245. The highest BCUT2D eigenvalue weighted by Gasteiger charge is 2.21. The Hall–Kier alpha value is -0.810. The van der Waals surface area contributed by atoms with Crippen molar-refractivity contribution < 1.29 is 19.4 Å². The Balaban J connectivity index is 1.97. The lowest BCUT2D eigenvalue weighted by Crippen LogP contribution is -2.36. The number of rotatable bonds is 7. The van der Waals surface area contributed by atoms with Gasteiger partial charge in [0.1, 0.15) is 5.60 Å². The summed E-state index contributed by atoms with van der Waals surface area (Å²) in [5, 5.41) is 12.2. The highest BCUT2D eigenvalue weighted by Crippen LogP contribution is 2.17. The highest BCUT2D eigenvalue weighted by molar-refractivity contribution is 5.67. The second-order valence-electron chi connectivity index (χ2n) is 5.78. The third kappa shape index (κ3) is 8.31. The third-order valence-electron chi connectivity index (χ3n) is 2.60. The molecule has 0 radical (unpaired) electrons. The van der Waals surface area contributed by atoms with Gasteiger partial charge in [0, 0.05) is 6.54 Å². The van der Waals surface area contributed by atoms with E-state index in [2.05, 4.69) is 5.32 Å². The molecule has 1 rings (SSSR count). The predicted octanol–water partition coefficient (Wildman–Crippen LogP) is 1.83. The number of aliphatic hydroxyl groups is 1. The molecule has 1 aliphatic rings. The monoisotopic (exact) mass is 259 g/mol. The zero-order chi connectivity index (χ0) is 13.6. The summed E-state index contributed by atoms with van der Waals surface area (Å²) >= 11 is 0. The molecule has 1 saturated heterocycles. The molecule has 2 atom stereocenters. The number of ether oxygens (including phenoxy) is 2. The van der Waals surface area contributed by atoms with Crippen LogP contribution in [0.2, 0.25) is 0 Å². The fraction of sp³-hybridized carbons (Fsp3) is 0.923. The molecule has 5 heteroatoms. The van der Waals surface area contributed by atoms with E-state index in [1.165, 1.54) is 0 Å². The molecule has 5 nitrogen and oxygen atoms in total. The Labute approximate surface area is 109 Å². The summed E-state index contributed by atoms with van der Waals surface area (Å²) < 4.78 is 10.2. The molecule has 0 aromatic carbocycles. The molecule has 1 aliphatic heterocycles. The van der Waals surface area contributed by atoms with Gasteiger partial charge in [-0.05, 0) is 33.6 Å². The highest BCUT2D eigenvalue weighted by atomic mass is 16.6. The molecular formula is C13H25NO4. The Kier molecular flexibility index (Phi) is 5.88. The molecule has 0 aromatic rings. The van der Waals surface area contributed by atoms with Crippen LogP contribution in [-0.4, -0.2) is 42.2 Å². The minimum atomic E-state index is -0.502. The van der Waals surface area contributed by atoms with E-state index in [1.54, 1.807) is 0 Å². The van der Waals surface area contributed by atoms with E-state index in [0.717, 1.165) is 25.9 Å². The molecule has 1 fully saturated rings. The summed E-state index contributed by atoms with van der Waals surface area (Å²) in [4.78, 5) is 11.3. The second-order valence-corrected chi connectivity index (χ2v) is 5.78. The molecule has 0 spiro atoms. The average Bonchev–Trinajstić information content (AvgIpc) is 3.03. The topological polar surface area (TPSA) is 71.1 Å². The summed E-state index contributed by atoms with van der Waals surface area (Å²) in [7, 11) is 0. The molecule has 1 unspecified atom stereocenters. The molecule has 18 heavy (non-hydrogen) atoms. The lowest BCUT2D eigenvalue weighted by molar-refractivity contribution is 0.0487. The van der Waals surface area contributed by atoms with E-state index in [1.807, 2.05) is 20.8 Å². The fourth-order valence-electron chi connectivity index (χ4n) is 1.60. The normalized spacial score (nSPS) is 20.3. The molecule has 0 saturated carbocycles. The number of hydrogen-bond acceptors (Lipinski definition) is 4. The number of unbranched alkanes of at least 4 members (excludes halogenated alkanes) is 1. The van der Waals surface area contributed by atoms with Crippen LogP contribution in [0.3, 0.4) is 0 Å². The van der Waals surface area contributed by atoms with Crippen molar-refractivity contribution in [3.8, 4) is 0 Å². The Morgan fingerprint density at radius 3 is 2.72 bits per heavy atom. The van der Waals surface area contributed by atoms with Crippen molar-refractivity contribution in [1.82, 2.24) is 5.32 Å². The van der Waals surface area contributed by atoms with Crippen molar-refractivity contribution in [3.05, 3.63) is 0 Å². The SMILES string of the molecule is CC(C)(C)OC(=O)NCC(O)CCCC[C@@H]1CO1. The summed E-state index contributed by atoms with van der Waals surface area (Å²) in [6.07, 6.45) is 3.27. The van der Waals surface area contributed by atoms with Crippen molar-refractivity contribution >= 4 is 6.09 Å². The predicted molar refractivity (Wildman–Crippen MR) is 68.5 cm³/mol. The van der Waals surface area contributed by atoms with E-state index in [9.17, 15) is 9.90 Å². The van der Waals surface area contributed by atoms with Crippen LogP contribution in [0.1, 0.15) is 46.5 Å². The van der Waals surface area contributed by atoms with Crippen LogP contribution in [0.5, 0.6) is 0 Å².